The number of aliphatic carboxylic acids is 2. The quantitative estimate of drug-likeness (QED) is 0.136. The fraction of sp³-hybridized carbons (Fsp3) is 0.500. The van der Waals surface area contributed by atoms with Crippen LogP contribution in [0.25, 0.3) is 0 Å². The van der Waals surface area contributed by atoms with Gasteiger partial charge in [-0.25, -0.2) is 14.4 Å². The van der Waals surface area contributed by atoms with Gasteiger partial charge in [-0.1, -0.05) is 0 Å². The van der Waals surface area contributed by atoms with Crippen molar-refractivity contribution in [2.24, 2.45) is 0 Å². The van der Waals surface area contributed by atoms with E-state index in [1.54, 1.807) is 0 Å². The number of aliphatic hydroxyl groups excluding tert-OH is 3. The van der Waals surface area contributed by atoms with E-state index in [0.29, 0.717) is 0 Å². The molecule has 0 aromatic carbocycles. The van der Waals surface area contributed by atoms with Crippen molar-refractivity contribution in [2.75, 3.05) is 0 Å². The number of carbonyl (C=O) groups is 6. The van der Waals surface area contributed by atoms with Gasteiger partial charge in [-0.3, -0.25) is 14.4 Å². The Labute approximate surface area is 195 Å². The Balaban J connectivity index is -0.00000288. The van der Waals surface area contributed by atoms with Crippen LogP contribution in [0.2, 0.25) is 0 Å². The monoisotopic (exact) mass is 414 g/mol. The van der Waals surface area contributed by atoms with Gasteiger partial charge in [0.2, 0.25) is 0 Å². The molecule has 0 aromatic heterocycles. The predicted octanol–water partition coefficient (Wildman–Crippen LogP) is -4.75. The van der Waals surface area contributed by atoms with Gasteiger partial charge in [0.1, 0.15) is 0 Å². The minimum atomic E-state index is -2.25. The van der Waals surface area contributed by atoms with E-state index in [1.807, 2.05) is 0 Å². The van der Waals surface area contributed by atoms with Crippen LogP contribution in [0.4, 0.5) is 0 Å². The molecule has 0 radical (unpaired) electrons. The zero-order valence-electron chi connectivity index (χ0n) is 12.4. The molecule has 27 heavy (non-hydrogen) atoms. The summed E-state index contributed by atoms with van der Waals surface area (Å²) in [6.45, 7) is 0. The molecule has 0 spiro atoms. The van der Waals surface area contributed by atoms with E-state index in [1.165, 1.54) is 0 Å². The van der Waals surface area contributed by atoms with Crippen LogP contribution in [0.1, 0.15) is 19.3 Å². The summed E-state index contributed by atoms with van der Waals surface area (Å²) in [6, 6.07) is 0. The van der Waals surface area contributed by atoms with Gasteiger partial charge in [0.25, 0.3) is 0 Å². The molecule has 0 fully saturated rings. The van der Waals surface area contributed by atoms with E-state index in [9.17, 15) is 33.9 Å². The van der Waals surface area contributed by atoms with Crippen molar-refractivity contribution >= 4 is 94.9 Å². The zero-order valence-corrected chi connectivity index (χ0v) is 12.4. The number of aliphatic hydroxyl groups is 3. The first-order valence-corrected chi connectivity index (χ1v) is 6.41. The molecule has 0 aromatic rings. The number of ether oxygens (including phenoxy) is 2. The molecule has 144 valence electrons. The van der Waals surface area contributed by atoms with Gasteiger partial charge in [0, 0.05) is 0 Å². The summed E-state index contributed by atoms with van der Waals surface area (Å²) in [5.41, 5.74) is 0. The molecule has 5 N–H and O–H groups in total. The van der Waals surface area contributed by atoms with Crippen LogP contribution in [0.15, 0.2) is 0 Å². The van der Waals surface area contributed by atoms with E-state index < -0.39 is 73.4 Å². The number of carboxylic acids is 2. The molecule has 0 bridgehead atoms. The molecule has 0 heterocycles. The zero-order chi connectivity index (χ0) is 19.7. The molecular formula is C12H16Na2O13. The first kappa shape index (κ1) is 30.8. The Morgan fingerprint density at radius 1 is 0.593 bits per heavy atom. The van der Waals surface area contributed by atoms with Crippen LogP contribution in [-0.2, 0) is 38.2 Å². The maximum absolute atomic E-state index is 11.3. The van der Waals surface area contributed by atoms with E-state index in [2.05, 4.69) is 9.47 Å². The summed E-state index contributed by atoms with van der Waals surface area (Å²) in [6.07, 6.45) is -9.82. The topological polar surface area (TPSA) is 222 Å². The van der Waals surface area contributed by atoms with E-state index in [4.69, 9.17) is 20.4 Å². The fourth-order valence-corrected chi connectivity index (χ4v) is 1.16. The van der Waals surface area contributed by atoms with Crippen LogP contribution in [-0.4, -0.2) is 139 Å². The van der Waals surface area contributed by atoms with Gasteiger partial charge in [0.15, 0.2) is 18.3 Å². The Bertz CT molecular complexity index is 576. The third kappa shape index (κ3) is 13.8. The summed E-state index contributed by atoms with van der Waals surface area (Å²) in [7, 11) is 0. The molecule has 0 rings (SSSR count). The van der Waals surface area contributed by atoms with Crippen molar-refractivity contribution in [3.63, 3.8) is 0 Å². The second-order valence-electron chi connectivity index (χ2n) is 4.48. The summed E-state index contributed by atoms with van der Waals surface area (Å²) >= 11 is 0. The van der Waals surface area contributed by atoms with Gasteiger partial charge in [-0.15, -0.1) is 0 Å². The summed E-state index contributed by atoms with van der Waals surface area (Å²) in [4.78, 5) is 65.2. The number of carbonyl (C=O) groups excluding carboxylic acids is 4. The van der Waals surface area contributed by atoms with Gasteiger partial charge in [0.05, 0.1) is 19.3 Å². The maximum atomic E-state index is 11.3. The van der Waals surface area contributed by atoms with Gasteiger partial charge >= 0.3 is 94.9 Å². The Morgan fingerprint density at radius 2 is 0.889 bits per heavy atom. The van der Waals surface area contributed by atoms with Gasteiger partial charge in [-0.2, -0.15) is 0 Å². The second-order valence-corrected chi connectivity index (χ2v) is 4.48. The minimum absolute atomic E-state index is 0. The first-order chi connectivity index (χ1) is 11.4. The molecular weight excluding hydrogens is 398 g/mol. The summed E-state index contributed by atoms with van der Waals surface area (Å²) in [5.74, 6) is -9.58. The van der Waals surface area contributed by atoms with Crippen molar-refractivity contribution in [1.29, 1.82) is 0 Å². The second kappa shape index (κ2) is 15.1. The first-order valence-electron chi connectivity index (χ1n) is 6.41. The standard InChI is InChI=1S/C12H14O13.2Na.2H/c13-4(10(19)20)1-7(16)24-8(17)3-6(15)12(23)25-9(18)2-5(14)11(21)22;;;;/h4-6,13-15H,1-3H2,(H,19,20)(H,21,22);;;;. The predicted molar refractivity (Wildman–Crippen MR) is 83.6 cm³/mol. The molecule has 3 unspecified atom stereocenters. The normalized spacial score (nSPS) is 12.9. The molecule has 13 nitrogen and oxygen atoms in total. The average molecular weight is 414 g/mol. The average Bonchev–Trinajstić information content (AvgIpc) is 2.45. The van der Waals surface area contributed by atoms with Gasteiger partial charge < -0.3 is 35.0 Å². The summed E-state index contributed by atoms with van der Waals surface area (Å²) < 4.78 is 7.99. The molecule has 0 aliphatic carbocycles. The third-order valence-corrected chi connectivity index (χ3v) is 2.36. The van der Waals surface area contributed by atoms with Crippen LogP contribution in [0.3, 0.4) is 0 Å². The Hall–Kier alpha value is -0.900. The number of esters is 4. The summed E-state index contributed by atoms with van der Waals surface area (Å²) in [5, 5.41) is 43.7. The Kier molecular flexibility index (Phi) is 17.2. The fourth-order valence-electron chi connectivity index (χ4n) is 1.16. The van der Waals surface area contributed by atoms with Gasteiger partial charge in [-0.05, 0) is 0 Å². The van der Waals surface area contributed by atoms with E-state index >= 15 is 0 Å². The molecule has 3 atom stereocenters. The molecule has 0 amide bonds. The van der Waals surface area contributed by atoms with Crippen molar-refractivity contribution in [1.82, 2.24) is 0 Å². The van der Waals surface area contributed by atoms with E-state index in [0.717, 1.165) is 0 Å². The van der Waals surface area contributed by atoms with Crippen molar-refractivity contribution < 1.29 is 63.8 Å². The van der Waals surface area contributed by atoms with Crippen LogP contribution >= 0.6 is 0 Å². The third-order valence-electron chi connectivity index (χ3n) is 2.36. The molecule has 0 aliphatic rings. The van der Waals surface area contributed by atoms with Crippen molar-refractivity contribution in [3.05, 3.63) is 0 Å². The Morgan fingerprint density at radius 3 is 1.22 bits per heavy atom. The van der Waals surface area contributed by atoms with Crippen molar-refractivity contribution in [2.45, 2.75) is 37.6 Å². The molecule has 0 aliphatic heterocycles. The molecule has 0 saturated heterocycles. The number of rotatable bonds is 9. The van der Waals surface area contributed by atoms with E-state index in [-0.39, 0.29) is 59.1 Å². The number of hydrogen-bond donors (Lipinski definition) is 5. The number of carboxylic acid groups (broad SMARTS) is 2. The van der Waals surface area contributed by atoms with Crippen LogP contribution < -0.4 is 0 Å². The van der Waals surface area contributed by atoms with Crippen LogP contribution in [0, 0.1) is 0 Å². The molecule has 0 saturated carbocycles. The van der Waals surface area contributed by atoms with Crippen LogP contribution in [0.5, 0.6) is 0 Å². The molecule has 15 heteroatoms. The number of hydrogen-bond acceptors (Lipinski definition) is 11. The SMILES string of the molecule is O=C(CC(O)C(=O)O)OC(=O)CC(O)C(=O)OC(=O)CC(O)C(=O)O.[NaH].[NaH]. The van der Waals surface area contributed by atoms with Crippen molar-refractivity contribution in [3.8, 4) is 0 Å².